The quantitative estimate of drug-likeness (QED) is 0.322. The van der Waals surface area contributed by atoms with Crippen molar-refractivity contribution in [1.29, 1.82) is 0 Å². The van der Waals surface area contributed by atoms with Crippen LogP contribution in [0.3, 0.4) is 0 Å². The Morgan fingerprint density at radius 2 is 1.80 bits per heavy atom. The number of pyridine rings is 2. The van der Waals surface area contributed by atoms with Gasteiger partial charge in [0.1, 0.15) is 34.1 Å². The maximum absolute atomic E-state index is 14.3. The molecule has 0 aliphatic carbocycles. The predicted octanol–water partition coefficient (Wildman–Crippen LogP) is 3.56. The maximum atomic E-state index is 14.3. The van der Waals surface area contributed by atoms with Crippen molar-refractivity contribution in [3.63, 3.8) is 0 Å². The standard InChI is InChI=1S/C25H22F2N4O4/c1-4-11-30-21-15(24(33)31-12-7-8-14(3)20(31)28-21)13-16(25(34)35-5-2)22(30)29-23(32)19-17(26)9-6-10-18(19)27/h6-10,12-13H,4-5,11H2,1-3H3. The van der Waals surface area contributed by atoms with Crippen LogP contribution in [0.15, 0.2) is 52.4 Å². The van der Waals surface area contributed by atoms with Gasteiger partial charge in [-0.15, -0.1) is 0 Å². The van der Waals surface area contributed by atoms with E-state index in [-0.39, 0.29) is 35.2 Å². The highest BCUT2D eigenvalue weighted by Gasteiger charge is 2.22. The maximum Gasteiger partial charge on any atom is 0.341 e. The van der Waals surface area contributed by atoms with Crippen LogP contribution >= 0.6 is 0 Å². The summed E-state index contributed by atoms with van der Waals surface area (Å²) in [5.74, 6) is -4.23. The Morgan fingerprint density at radius 3 is 2.46 bits per heavy atom. The van der Waals surface area contributed by atoms with Crippen molar-refractivity contribution in [1.82, 2.24) is 14.0 Å². The number of hydrogen-bond donors (Lipinski definition) is 0. The first-order valence-corrected chi connectivity index (χ1v) is 11.0. The van der Waals surface area contributed by atoms with Crippen LogP contribution in [-0.4, -0.2) is 32.4 Å². The highest BCUT2D eigenvalue weighted by molar-refractivity contribution is 5.97. The molecule has 8 nitrogen and oxygen atoms in total. The van der Waals surface area contributed by atoms with E-state index in [4.69, 9.17) is 4.74 Å². The Hall–Kier alpha value is -4.21. The third-order valence-corrected chi connectivity index (χ3v) is 5.43. The molecule has 0 fully saturated rings. The number of benzene rings is 1. The van der Waals surface area contributed by atoms with Crippen LogP contribution in [-0.2, 0) is 11.3 Å². The van der Waals surface area contributed by atoms with E-state index in [1.807, 2.05) is 6.92 Å². The molecule has 0 spiro atoms. The molecule has 4 aromatic rings. The number of aryl methyl sites for hydroxylation is 2. The number of carbonyl (C=O) groups is 2. The second kappa shape index (κ2) is 9.57. The van der Waals surface area contributed by atoms with Gasteiger partial charge in [0, 0.05) is 12.7 Å². The second-order valence-corrected chi connectivity index (χ2v) is 7.81. The van der Waals surface area contributed by atoms with E-state index in [9.17, 15) is 23.2 Å². The van der Waals surface area contributed by atoms with Gasteiger partial charge in [-0.1, -0.05) is 19.1 Å². The van der Waals surface area contributed by atoms with E-state index in [0.717, 1.165) is 23.8 Å². The molecule has 0 aliphatic heterocycles. The normalized spacial score (nSPS) is 11.9. The van der Waals surface area contributed by atoms with Crippen molar-refractivity contribution in [2.24, 2.45) is 4.99 Å². The van der Waals surface area contributed by atoms with Crippen LogP contribution in [0.4, 0.5) is 8.78 Å². The van der Waals surface area contributed by atoms with Crippen molar-refractivity contribution in [3.8, 4) is 0 Å². The van der Waals surface area contributed by atoms with Crippen molar-refractivity contribution in [2.75, 3.05) is 6.61 Å². The van der Waals surface area contributed by atoms with Gasteiger partial charge in [0.2, 0.25) is 0 Å². The van der Waals surface area contributed by atoms with Crippen LogP contribution in [0.1, 0.15) is 46.5 Å². The topological polar surface area (TPSA) is 95.0 Å². The zero-order valence-electron chi connectivity index (χ0n) is 19.3. The average molecular weight is 480 g/mol. The van der Waals surface area contributed by atoms with Gasteiger partial charge in [0.15, 0.2) is 5.49 Å². The van der Waals surface area contributed by atoms with E-state index in [0.29, 0.717) is 12.1 Å². The van der Waals surface area contributed by atoms with E-state index in [2.05, 4.69) is 9.98 Å². The third kappa shape index (κ3) is 4.23. The predicted molar refractivity (Wildman–Crippen MR) is 124 cm³/mol. The zero-order valence-corrected chi connectivity index (χ0v) is 19.3. The summed E-state index contributed by atoms with van der Waals surface area (Å²) < 4.78 is 36.5. The van der Waals surface area contributed by atoms with E-state index >= 15 is 0 Å². The minimum atomic E-state index is -1.22. The fourth-order valence-corrected chi connectivity index (χ4v) is 3.86. The Labute approximate surface area is 198 Å². The van der Waals surface area contributed by atoms with Gasteiger partial charge in [0.25, 0.3) is 11.5 Å². The number of esters is 1. The van der Waals surface area contributed by atoms with Crippen molar-refractivity contribution >= 4 is 28.6 Å². The summed E-state index contributed by atoms with van der Waals surface area (Å²) in [7, 11) is 0. The summed E-state index contributed by atoms with van der Waals surface area (Å²) >= 11 is 0. The number of aromatic nitrogens is 3. The Kier molecular flexibility index (Phi) is 6.54. The lowest BCUT2D eigenvalue weighted by Gasteiger charge is -2.15. The fourth-order valence-electron chi connectivity index (χ4n) is 3.86. The number of nitrogens with zero attached hydrogens (tertiary/aromatic N) is 4. The van der Waals surface area contributed by atoms with E-state index in [1.165, 1.54) is 15.0 Å². The van der Waals surface area contributed by atoms with Gasteiger partial charge < -0.3 is 9.30 Å². The molecule has 0 bridgehead atoms. The number of halogens is 2. The first kappa shape index (κ1) is 23.9. The van der Waals surface area contributed by atoms with Gasteiger partial charge >= 0.3 is 5.97 Å². The molecule has 0 atom stereocenters. The Balaban J connectivity index is 2.17. The van der Waals surface area contributed by atoms with Crippen molar-refractivity contribution < 1.29 is 23.1 Å². The van der Waals surface area contributed by atoms with E-state index in [1.54, 1.807) is 32.2 Å². The van der Waals surface area contributed by atoms with Crippen LogP contribution < -0.4 is 11.0 Å². The molecule has 0 radical (unpaired) electrons. The minimum absolute atomic E-state index is 0.0219. The summed E-state index contributed by atoms with van der Waals surface area (Å²) in [4.78, 5) is 47.7. The van der Waals surface area contributed by atoms with Crippen molar-refractivity contribution in [3.05, 3.63) is 86.8 Å². The second-order valence-electron chi connectivity index (χ2n) is 7.81. The molecule has 0 unspecified atom stereocenters. The zero-order chi connectivity index (χ0) is 25.3. The minimum Gasteiger partial charge on any atom is -0.462 e. The van der Waals surface area contributed by atoms with Crippen LogP contribution in [0.25, 0.3) is 16.7 Å². The van der Waals surface area contributed by atoms with Crippen molar-refractivity contribution in [2.45, 2.75) is 33.7 Å². The van der Waals surface area contributed by atoms with Gasteiger partial charge in [-0.2, -0.15) is 4.99 Å². The summed E-state index contributed by atoms with van der Waals surface area (Å²) in [6.45, 7) is 5.47. The molecule has 0 saturated carbocycles. The molecule has 1 amide bonds. The van der Waals surface area contributed by atoms with Crippen LogP contribution in [0.5, 0.6) is 0 Å². The highest BCUT2D eigenvalue weighted by Crippen LogP contribution is 2.16. The summed E-state index contributed by atoms with van der Waals surface area (Å²) in [6, 6.07) is 7.76. The molecule has 4 rings (SSSR count). The lowest BCUT2D eigenvalue weighted by molar-refractivity contribution is 0.0523. The number of amides is 1. The Morgan fingerprint density at radius 1 is 1.09 bits per heavy atom. The smallest absolute Gasteiger partial charge is 0.341 e. The number of ether oxygens (including phenoxy) is 1. The third-order valence-electron chi connectivity index (χ3n) is 5.43. The summed E-state index contributed by atoms with van der Waals surface area (Å²) in [6.07, 6.45) is 2.08. The fraction of sp³-hybridized carbons (Fsp3) is 0.240. The first-order valence-electron chi connectivity index (χ1n) is 11.0. The molecule has 3 heterocycles. The van der Waals surface area contributed by atoms with Crippen LogP contribution in [0, 0.1) is 18.6 Å². The molecule has 180 valence electrons. The molecule has 0 aliphatic rings. The SMILES string of the molecule is CCCn1c(=NC(=O)c2c(F)cccc2F)c(C(=O)OCC)cc2c(=O)n3cccc(C)c3nc21. The van der Waals surface area contributed by atoms with Gasteiger partial charge in [-0.25, -0.2) is 18.6 Å². The molecule has 35 heavy (non-hydrogen) atoms. The van der Waals surface area contributed by atoms with Crippen LogP contribution in [0.2, 0.25) is 0 Å². The number of hydrogen-bond acceptors (Lipinski definition) is 5. The summed E-state index contributed by atoms with van der Waals surface area (Å²) in [5, 5.41) is 0.105. The molecule has 0 saturated heterocycles. The largest absolute Gasteiger partial charge is 0.462 e. The molecule has 1 aromatic carbocycles. The first-order chi connectivity index (χ1) is 16.8. The van der Waals surface area contributed by atoms with Gasteiger partial charge in [-0.3, -0.25) is 14.0 Å². The number of fused-ring (bicyclic) bond motifs is 2. The number of rotatable bonds is 5. The summed E-state index contributed by atoms with van der Waals surface area (Å²) in [5.41, 5.74) is -0.377. The monoisotopic (exact) mass is 480 g/mol. The molecular formula is C25H22F2N4O4. The number of carbonyl (C=O) groups excluding carboxylic acids is 2. The lowest BCUT2D eigenvalue weighted by Crippen LogP contribution is -2.33. The lowest BCUT2D eigenvalue weighted by atomic mass is 10.1. The average Bonchev–Trinajstić information content (AvgIpc) is 2.81. The molecule has 3 aromatic heterocycles. The highest BCUT2D eigenvalue weighted by atomic mass is 19.1. The van der Waals surface area contributed by atoms with Gasteiger partial charge in [-0.05, 0) is 50.1 Å². The van der Waals surface area contributed by atoms with E-state index < -0.39 is 34.6 Å². The molecular weight excluding hydrogens is 458 g/mol. The Bertz CT molecular complexity index is 1600. The molecule has 10 heteroatoms. The molecule has 0 N–H and O–H groups in total. The van der Waals surface area contributed by atoms with Gasteiger partial charge in [0.05, 0.1) is 12.0 Å².